The number of anilines is 1. The normalized spacial score (nSPS) is 11.1. The number of rotatable bonds is 6. The largest absolute Gasteiger partial charge is 0.326 e. The topological polar surface area (TPSA) is 55.1 Å². The quantitative estimate of drug-likeness (QED) is 0.615. The van der Waals surface area contributed by atoms with Crippen molar-refractivity contribution in [1.29, 1.82) is 0 Å². The van der Waals surface area contributed by atoms with Gasteiger partial charge in [0.2, 0.25) is 10.7 Å². The van der Waals surface area contributed by atoms with Gasteiger partial charge in [-0.3, -0.25) is 14.3 Å². The van der Waals surface area contributed by atoms with Crippen molar-refractivity contribution in [2.45, 2.75) is 27.1 Å². The number of amides is 1. The number of aryl methyl sites for hydroxylation is 1. The lowest BCUT2D eigenvalue weighted by Crippen LogP contribution is -2.22. The lowest BCUT2D eigenvalue weighted by atomic mass is 10.2. The van der Waals surface area contributed by atoms with Crippen LogP contribution in [-0.2, 0) is 18.0 Å². The summed E-state index contributed by atoms with van der Waals surface area (Å²) in [5, 5.41) is 7.25. The Morgan fingerprint density at radius 1 is 1.21 bits per heavy atom. The molecular weight excluding hydrogens is 396 g/mol. The fourth-order valence-electron chi connectivity index (χ4n) is 3.06. The molecule has 2 aromatic carbocycles. The highest BCUT2D eigenvalue weighted by molar-refractivity contribution is 7.71. The summed E-state index contributed by atoms with van der Waals surface area (Å²) in [5.74, 6) is -1.20. The number of hydrogen-bond donors (Lipinski definition) is 1. The summed E-state index contributed by atoms with van der Waals surface area (Å²) < 4.78 is 30.5. The summed E-state index contributed by atoms with van der Waals surface area (Å²) in [4.78, 5) is 13.2. The molecule has 3 rings (SSSR count). The van der Waals surface area contributed by atoms with Crippen molar-refractivity contribution in [3.05, 3.63) is 70.3 Å². The third-order valence-electron chi connectivity index (χ3n) is 4.24. The maximum atomic E-state index is 13.4. The average molecular weight is 417 g/mol. The first kappa shape index (κ1) is 20.8. The molecule has 0 unspecified atom stereocenters. The van der Waals surface area contributed by atoms with E-state index in [0.717, 1.165) is 11.8 Å². The summed E-state index contributed by atoms with van der Waals surface area (Å²) >= 11 is 5.59. The minimum Gasteiger partial charge on any atom is -0.326 e. The predicted molar refractivity (Wildman–Crippen MR) is 109 cm³/mol. The smallest absolute Gasteiger partial charge is 0.221 e. The highest BCUT2D eigenvalue weighted by Gasteiger charge is 2.12. The van der Waals surface area contributed by atoms with Crippen molar-refractivity contribution in [2.75, 3.05) is 12.4 Å². The first-order chi connectivity index (χ1) is 13.7. The third-order valence-corrected chi connectivity index (χ3v) is 4.63. The standard InChI is InChI=1S/C20H21F2N5OS/c1-13-24-26(12-25(3)11-15-7-8-18(21)19(22)9-15)20(29)27(13)17-6-4-5-16(10-17)23-14(2)28/h4-10H,11-12H2,1-3H3,(H,23,28). The van der Waals surface area contributed by atoms with Crippen LogP contribution in [-0.4, -0.2) is 32.2 Å². The zero-order valence-electron chi connectivity index (χ0n) is 16.3. The van der Waals surface area contributed by atoms with Gasteiger partial charge in [-0.25, -0.2) is 13.5 Å². The zero-order chi connectivity index (χ0) is 21.1. The van der Waals surface area contributed by atoms with Crippen LogP contribution in [0.4, 0.5) is 14.5 Å². The van der Waals surface area contributed by atoms with Gasteiger partial charge in [-0.15, -0.1) is 0 Å². The number of nitrogens with one attached hydrogen (secondary N) is 1. The minimum atomic E-state index is -0.869. The van der Waals surface area contributed by atoms with E-state index in [1.54, 1.807) is 16.8 Å². The molecule has 0 aliphatic carbocycles. The van der Waals surface area contributed by atoms with E-state index in [-0.39, 0.29) is 5.91 Å². The Morgan fingerprint density at radius 2 is 1.97 bits per heavy atom. The number of carbonyl (C=O) groups is 1. The second-order valence-electron chi connectivity index (χ2n) is 6.80. The lowest BCUT2D eigenvalue weighted by Gasteiger charge is -2.16. The Hall–Kier alpha value is -2.91. The van der Waals surface area contributed by atoms with Crippen LogP contribution in [0.15, 0.2) is 42.5 Å². The van der Waals surface area contributed by atoms with Crippen molar-refractivity contribution < 1.29 is 13.6 Å². The van der Waals surface area contributed by atoms with Gasteiger partial charge in [0.05, 0.1) is 12.4 Å². The number of aromatic nitrogens is 3. The van der Waals surface area contributed by atoms with Gasteiger partial charge in [0.25, 0.3) is 0 Å². The van der Waals surface area contributed by atoms with Crippen LogP contribution in [0.3, 0.4) is 0 Å². The van der Waals surface area contributed by atoms with Gasteiger partial charge in [-0.1, -0.05) is 12.1 Å². The highest BCUT2D eigenvalue weighted by atomic mass is 32.1. The molecule has 0 spiro atoms. The monoisotopic (exact) mass is 417 g/mol. The van der Waals surface area contributed by atoms with Crippen LogP contribution in [0, 0.1) is 23.3 Å². The summed E-state index contributed by atoms with van der Waals surface area (Å²) in [6, 6.07) is 11.2. The van der Waals surface area contributed by atoms with E-state index in [4.69, 9.17) is 12.2 Å². The zero-order valence-corrected chi connectivity index (χ0v) is 17.1. The predicted octanol–water partition coefficient (Wildman–Crippen LogP) is 4.04. The van der Waals surface area contributed by atoms with Crippen molar-refractivity contribution >= 4 is 23.8 Å². The SMILES string of the molecule is CC(=O)Nc1cccc(-n2c(C)nn(CN(C)Cc3ccc(F)c(F)c3)c2=S)c1. The van der Waals surface area contributed by atoms with E-state index in [2.05, 4.69) is 10.4 Å². The first-order valence-corrected chi connectivity index (χ1v) is 9.32. The van der Waals surface area contributed by atoms with Crippen LogP contribution in [0.1, 0.15) is 18.3 Å². The van der Waals surface area contributed by atoms with Gasteiger partial charge < -0.3 is 5.32 Å². The summed E-state index contributed by atoms with van der Waals surface area (Å²) in [5.41, 5.74) is 2.10. The summed E-state index contributed by atoms with van der Waals surface area (Å²) in [6.45, 7) is 4.07. The van der Waals surface area contributed by atoms with Crippen LogP contribution in [0.25, 0.3) is 5.69 Å². The number of benzene rings is 2. The summed E-state index contributed by atoms with van der Waals surface area (Å²) in [7, 11) is 1.84. The first-order valence-electron chi connectivity index (χ1n) is 8.91. The molecule has 0 atom stereocenters. The number of carbonyl (C=O) groups excluding carboxylic acids is 1. The average Bonchev–Trinajstić information content (AvgIpc) is 2.91. The van der Waals surface area contributed by atoms with E-state index in [1.165, 1.54) is 13.0 Å². The minimum absolute atomic E-state index is 0.156. The van der Waals surface area contributed by atoms with E-state index in [9.17, 15) is 13.6 Å². The van der Waals surface area contributed by atoms with E-state index >= 15 is 0 Å². The Labute approximate surface area is 172 Å². The Kier molecular flexibility index (Phi) is 6.19. The molecule has 6 nitrogen and oxygen atoms in total. The van der Waals surface area contributed by atoms with Crippen LogP contribution in [0.2, 0.25) is 0 Å². The van der Waals surface area contributed by atoms with Gasteiger partial charge in [0.1, 0.15) is 5.82 Å². The molecule has 29 heavy (non-hydrogen) atoms. The Balaban J connectivity index is 1.81. The molecule has 0 aliphatic heterocycles. The molecule has 0 bridgehead atoms. The molecular formula is C20H21F2N5OS. The fraction of sp³-hybridized carbons (Fsp3) is 0.250. The second-order valence-corrected chi connectivity index (χ2v) is 7.17. The molecule has 3 aromatic rings. The van der Waals surface area contributed by atoms with Gasteiger partial charge in [0, 0.05) is 19.2 Å². The molecule has 1 N–H and O–H groups in total. The molecule has 1 aromatic heterocycles. The van der Waals surface area contributed by atoms with Crippen molar-refractivity contribution in [1.82, 2.24) is 19.2 Å². The third kappa shape index (κ3) is 4.93. The molecule has 0 radical (unpaired) electrons. The second kappa shape index (κ2) is 8.62. The molecule has 0 fully saturated rings. The van der Waals surface area contributed by atoms with Gasteiger partial charge in [-0.05, 0) is 62.1 Å². The number of halogens is 2. The molecule has 9 heteroatoms. The van der Waals surface area contributed by atoms with Crippen molar-refractivity contribution in [3.8, 4) is 5.69 Å². The maximum absolute atomic E-state index is 13.4. The van der Waals surface area contributed by atoms with Gasteiger partial charge >= 0.3 is 0 Å². The van der Waals surface area contributed by atoms with Crippen LogP contribution >= 0.6 is 12.2 Å². The van der Waals surface area contributed by atoms with E-state index in [1.807, 2.05) is 41.6 Å². The van der Waals surface area contributed by atoms with E-state index in [0.29, 0.717) is 35.1 Å². The van der Waals surface area contributed by atoms with Crippen LogP contribution in [0.5, 0.6) is 0 Å². The van der Waals surface area contributed by atoms with Crippen molar-refractivity contribution in [3.63, 3.8) is 0 Å². The number of hydrogen-bond acceptors (Lipinski definition) is 4. The lowest BCUT2D eigenvalue weighted by molar-refractivity contribution is -0.114. The molecule has 0 saturated carbocycles. The van der Waals surface area contributed by atoms with Crippen molar-refractivity contribution in [2.24, 2.45) is 0 Å². The highest BCUT2D eigenvalue weighted by Crippen LogP contribution is 2.18. The molecule has 0 saturated heterocycles. The molecule has 1 heterocycles. The molecule has 0 aliphatic rings. The fourth-order valence-corrected chi connectivity index (χ4v) is 3.40. The Morgan fingerprint density at radius 3 is 2.66 bits per heavy atom. The van der Waals surface area contributed by atoms with Gasteiger partial charge in [-0.2, -0.15) is 5.10 Å². The van der Waals surface area contributed by atoms with Crippen LogP contribution < -0.4 is 5.32 Å². The number of nitrogens with zero attached hydrogens (tertiary/aromatic N) is 4. The molecule has 1 amide bonds. The maximum Gasteiger partial charge on any atom is 0.221 e. The summed E-state index contributed by atoms with van der Waals surface area (Å²) in [6.07, 6.45) is 0. The molecule has 152 valence electrons. The Bertz CT molecular complexity index is 1110. The van der Waals surface area contributed by atoms with Gasteiger partial charge in [0.15, 0.2) is 11.6 Å². The van der Waals surface area contributed by atoms with E-state index < -0.39 is 11.6 Å².